The number of benzene rings is 1. The molecule has 0 spiro atoms. The fraction of sp³-hybridized carbons (Fsp3) is 0.533. The molecule has 1 N–H and O–H groups in total. The Bertz CT molecular complexity index is 511. The molecule has 1 aromatic carbocycles. The van der Waals surface area contributed by atoms with Crippen LogP contribution in [0.3, 0.4) is 0 Å². The molecule has 1 unspecified atom stereocenters. The quantitative estimate of drug-likeness (QED) is 0.861. The van der Waals surface area contributed by atoms with Gasteiger partial charge in [-0.1, -0.05) is 44.1 Å². The SMILES string of the molecule is COc1ccc(Cl)c(NC2=NC(C(C)(C)C)CCS2)c1. The highest BCUT2D eigenvalue weighted by Gasteiger charge is 2.27. The van der Waals surface area contributed by atoms with Crippen molar-refractivity contribution in [3.63, 3.8) is 0 Å². The average Bonchev–Trinajstić information content (AvgIpc) is 2.41. The summed E-state index contributed by atoms with van der Waals surface area (Å²) in [6.45, 7) is 6.69. The normalized spacial score (nSPS) is 19.4. The second-order valence-corrected chi connectivity index (χ2v) is 7.41. The number of hydrogen-bond donors (Lipinski definition) is 1. The molecule has 110 valence electrons. The average molecular weight is 313 g/mol. The van der Waals surface area contributed by atoms with E-state index in [4.69, 9.17) is 21.3 Å². The second-order valence-electron chi connectivity index (χ2n) is 5.92. The zero-order valence-corrected chi connectivity index (χ0v) is 13.9. The van der Waals surface area contributed by atoms with Gasteiger partial charge < -0.3 is 10.1 Å². The number of hydrogen-bond acceptors (Lipinski definition) is 4. The van der Waals surface area contributed by atoms with Gasteiger partial charge in [0.25, 0.3) is 0 Å². The minimum atomic E-state index is 0.187. The molecule has 0 saturated carbocycles. The zero-order valence-electron chi connectivity index (χ0n) is 12.4. The van der Waals surface area contributed by atoms with Crippen LogP contribution in [0.5, 0.6) is 5.75 Å². The van der Waals surface area contributed by atoms with Crippen molar-refractivity contribution in [2.75, 3.05) is 18.2 Å². The molecule has 0 aliphatic carbocycles. The van der Waals surface area contributed by atoms with Gasteiger partial charge in [0.2, 0.25) is 0 Å². The highest BCUT2D eigenvalue weighted by molar-refractivity contribution is 8.14. The maximum atomic E-state index is 6.22. The van der Waals surface area contributed by atoms with Crippen LogP contribution in [0.1, 0.15) is 27.2 Å². The Kier molecular flexibility index (Phi) is 4.86. The maximum Gasteiger partial charge on any atom is 0.161 e. The third kappa shape index (κ3) is 3.83. The van der Waals surface area contributed by atoms with Crippen molar-refractivity contribution >= 4 is 34.2 Å². The lowest BCUT2D eigenvalue weighted by Gasteiger charge is -2.31. The molecule has 20 heavy (non-hydrogen) atoms. The predicted octanol–water partition coefficient (Wildman–Crippen LogP) is 4.67. The molecule has 1 aliphatic rings. The van der Waals surface area contributed by atoms with Crippen LogP contribution in [0.25, 0.3) is 0 Å². The minimum absolute atomic E-state index is 0.187. The first-order chi connectivity index (χ1) is 9.40. The molecular weight excluding hydrogens is 292 g/mol. The minimum Gasteiger partial charge on any atom is -0.497 e. The molecular formula is C15H21ClN2OS. The predicted molar refractivity (Wildman–Crippen MR) is 89.4 cm³/mol. The van der Waals surface area contributed by atoms with Gasteiger partial charge in [-0.3, -0.25) is 4.99 Å². The Balaban J connectivity index is 2.19. The Morgan fingerprint density at radius 2 is 2.15 bits per heavy atom. The number of thioether (sulfide) groups is 1. The van der Waals surface area contributed by atoms with E-state index in [0.29, 0.717) is 11.1 Å². The van der Waals surface area contributed by atoms with Crippen LogP contribution in [0.2, 0.25) is 5.02 Å². The van der Waals surface area contributed by atoms with Crippen molar-refractivity contribution < 1.29 is 4.74 Å². The lowest BCUT2D eigenvalue weighted by atomic mass is 9.85. The van der Waals surface area contributed by atoms with Crippen molar-refractivity contribution in [1.29, 1.82) is 0 Å². The summed E-state index contributed by atoms with van der Waals surface area (Å²) in [5.74, 6) is 1.86. The molecule has 2 rings (SSSR count). The first-order valence-corrected chi connectivity index (χ1v) is 8.07. The van der Waals surface area contributed by atoms with E-state index in [1.54, 1.807) is 18.9 Å². The summed E-state index contributed by atoms with van der Waals surface area (Å²) in [4.78, 5) is 4.81. The number of methoxy groups -OCH3 is 1. The van der Waals surface area contributed by atoms with E-state index in [2.05, 4.69) is 26.1 Å². The van der Waals surface area contributed by atoms with Gasteiger partial charge in [-0.2, -0.15) is 0 Å². The monoisotopic (exact) mass is 312 g/mol. The first-order valence-electron chi connectivity index (χ1n) is 6.71. The van der Waals surface area contributed by atoms with Gasteiger partial charge in [-0.25, -0.2) is 0 Å². The smallest absolute Gasteiger partial charge is 0.161 e. The third-order valence-corrected chi connectivity index (χ3v) is 4.57. The van der Waals surface area contributed by atoms with Crippen molar-refractivity contribution in [2.24, 2.45) is 10.4 Å². The highest BCUT2D eigenvalue weighted by atomic mass is 35.5. The van der Waals surface area contributed by atoms with Crippen molar-refractivity contribution in [1.82, 2.24) is 0 Å². The number of aliphatic imine (C=N–C) groups is 1. The number of amidine groups is 1. The fourth-order valence-electron chi connectivity index (χ4n) is 2.05. The number of nitrogens with zero attached hydrogens (tertiary/aromatic N) is 1. The van der Waals surface area contributed by atoms with Crippen LogP contribution in [-0.4, -0.2) is 24.1 Å². The van der Waals surface area contributed by atoms with E-state index in [0.717, 1.165) is 28.8 Å². The summed E-state index contributed by atoms with van der Waals surface area (Å²) in [6.07, 6.45) is 1.12. The Morgan fingerprint density at radius 3 is 2.80 bits per heavy atom. The number of nitrogens with one attached hydrogen (secondary N) is 1. The molecule has 5 heteroatoms. The molecule has 0 amide bonds. The van der Waals surface area contributed by atoms with Gasteiger partial charge in [0.15, 0.2) is 5.17 Å². The first kappa shape index (κ1) is 15.5. The molecule has 0 bridgehead atoms. The lowest BCUT2D eigenvalue weighted by Crippen LogP contribution is -2.30. The van der Waals surface area contributed by atoms with E-state index >= 15 is 0 Å². The second kappa shape index (κ2) is 6.27. The van der Waals surface area contributed by atoms with Crippen molar-refractivity contribution in [3.05, 3.63) is 23.2 Å². The summed E-state index contributed by atoms with van der Waals surface area (Å²) >= 11 is 7.96. The zero-order chi connectivity index (χ0) is 14.8. The van der Waals surface area contributed by atoms with Gasteiger partial charge in [0.1, 0.15) is 5.75 Å². The molecule has 3 nitrogen and oxygen atoms in total. The molecule has 0 fully saturated rings. The Morgan fingerprint density at radius 1 is 1.40 bits per heavy atom. The highest BCUT2D eigenvalue weighted by Crippen LogP contribution is 2.33. The molecule has 1 atom stereocenters. The number of ether oxygens (including phenoxy) is 1. The lowest BCUT2D eigenvalue weighted by molar-refractivity contribution is 0.316. The number of rotatable bonds is 2. The van der Waals surface area contributed by atoms with Crippen LogP contribution >= 0.6 is 23.4 Å². The van der Waals surface area contributed by atoms with E-state index < -0.39 is 0 Å². The van der Waals surface area contributed by atoms with E-state index in [1.165, 1.54) is 0 Å². The molecule has 0 radical (unpaired) electrons. The van der Waals surface area contributed by atoms with Gasteiger partial charge in [-0.05, 0) is 24.0 Å². The molecule has 1 aliphatic heterocycles. The largest absolute Gasteiger partial charge is 0.497 e. The summed E-state index contributed by atoms with van der Waals surface area (Å²) in [5, 5.41) is 4.94. The molecule has 0 aromatic heterocycles. The summed E-state index contributed by atoms with van der Waals surface area (Å²) in [7, 11) is 1.65. The van der Waals surface area contributed by atoms with E-state index in [-0.39, 0.29) is 5.41 Å². The maximum absolute atomic E-state index is 6.22. The van der Waals surface area contributed by atoms with Crippen molar-refractivity contribution in [2.45, 2.75) is 33.2 Å². The Labute approximate surface area is 130 Å². The van der Waals surface area contributed by atoms with Gasteiger partial charge in [0, 0.05) is 11.8 Å². The van der Waals surface area contributed by atoms with Crippen molar-refractivity contribution in [3.8, 4) is 5.75 Å². The van der Waals surface area contributed by atoms with E-state index in [1.807, 2.05) is 18.2 Å². The van der Waals surface area contributed by atoms with Gasteiger partial charge in [-0.15, -0.1) is 0 Å². The number of halogens is 1. The van der Waals surface area contributed by atoms with Gasteiger partial charge in [0.05, 0.1) is 23.9 Å². The third-order valence-electron chi connectivity index (χ3n) is 3.32. The summed E-state index contributed by atoms with van der Waals surface area (Å²) in [6, 6.07) is 5.92. The van der Waals surface area contributed by atoms with Crippen LogP contribution in [0.4, 0.5) is 5.69 Å². The van der Waals surface area contributed by atoms with Crippen LogP contribution < -0.4 is 10.1 Å². The van der Waals surface area contributed by atoms with Crippen LogP contribution in [0, 0.1) is 5.41 Å². The van der Waals surface area contributed by atoms with E-state index in [9.17, 15) is 0 Å². The van der Waals surface area contributed by atoms with Crippen LogP contribution in [-0.2, 0) is 0 Å². The summed E-state index contributed by atoms with van der Waals surface area (Å²) in [5.41, 5.74) is 1.03. The molecule has 1 heterocycles. The molecule has 0 saturated heterocycles. The standard InChI is InChI=1S/C15H21ClN2OS/c1-15(2,3)13-7-8-20-14(18-13)17-12-9-10(19-4)5-6-11(12)16/h5-6,9,13H,7-8H2,1-4H3,(H,17,18). The Hall–Kier alpha value is -0.870. The van der Waals surface area contributed by atoms with Gasteiger partial charge >= 0.3 is 0 Å². The number of anilines is 1. The topological polar surface area (TPSA) is 33.6 Å². The molecule has 1 aromatic rings. The van der Waals surface area contributed by atoms with Crippen LogP contribution in [0.15, 0.2) is 23.2 Å². The summed E-state index contributed by atoms with van der Waals surface area (Å²) < 4.78 is 5.23. The fourth-order valence-corrected chi connectivity index (χ4v) is 3.13.